The lowest BCUT2D eigenvalue weighted by atomic mass is 10.1. The summed E-state index contributed by atoms with van der Waals surface area (Å²) in [6.45, 7) is 2.85. The number of carboxylic acid groups (broad SMARTS) is 1. The normalized spacial score (nSPS) is 21.3. The van der Waals surface area contributed by atoms with Gasteiger partial charge in [0.15, 0.2) is 0 Å². The zero-order valence-electron chi connectivity index (χ0n) is 14.6. The topological polar surface area (TPSA) is 57.6 Å². The summed E-state index contributed by atoms with van der Waals surface area (Å²) < 4.78 is 0. The van der Waals surface area contributed by atoms with Crippen LogP contribution in [0.2, 0.25) is 0 Å². The fraction of sp³-hybridized carbons (Fsp3) is 0.429. The summed E-state index contributed by atoms with van der Waals surface area (Å²) in [6.07, 6.45) is 11.3. The predicted molar refractivity (Wildman–Crippen MR) is 97.5 cm³/mol. The molecule has 1 N–H and O–H groups in total. The van der Waals surface area contributed by atoms with E-state index in [0.717, 1.165) is 24.3 Å². The summed E-state index contributed by atoms with van der Waals surface area (Å²) in [5.74, 6) is 0.0699. The molecule has 4 heteroatoms. The van der Waals surface area contributed by atoms with Crippen LogP contribution in [0.3, 0.4) is 0 Å². The van der Waals surface area contributed by atoms with Crippen molar-refractivity contribution in [2.24, 2.45) is 5.92 Å². The highest BCUT2D eigenvalue weighted by atomic mass is 16.4. The van der Waals surface area contributed by atoms with Crippen LogP contribution < -0.4 is 0 Å². The highest BCUT2D eigenvalue weighted by molar-refractivity contribution is 5.87. The van der Waals surface area contributed by atoms with Gasteiger partial charge in [0.1, 0.15) is 0 Å². The average Bonchev–Trinajstić information content (AvgIpc) is 3.39. The molecule has 0 bridgehead atoms. The first kappa shape index (κ1) is 17.5. The number of likely N-dealkylation sites (tertiary alicyclic amines) is 1. The van der Waals surface area contributed by atoms with E-state index in [2.05, 4.69) is 25.2 Å². The second-order valence-corrected chi connectivity index (χ2v) is 7.02. The maximum absolute atomic E-state index is 12.2. The standard InChI is InChI=1S/C21H25NO3/c1-15(17-9-10-17)3-2-4-19-11-12-20(23)22(19)14-13-16-5-7-18(8-6-16)21(24)25/h2-8,17,19H,9-14H2,1H3,(H,24,25)/b4-2+,15-3+. The van der Waals surface area contributed by atoms with Crippen LogP contribution in [0.1, 0.15) is 48.5 Å². The SMILES string of the molecule is C/C(=C\C=C\C1CCC(=O)N1CCc1ccc(C(=O)O)cc1)C1CC1. The number of carbonyl (C=O) groups excluding carboxylic acids is 1. The summed E-state index contributed by atoms with van der Waals surface area (Å²) in [5, 5.41) is 8.94. The van der Waals surface area contributed by atoms with Gasteiger partial charge in [-0.2, -0.15) is 0 Å². The number of aromatic carboxylic acids is 1. The lowest BCUT2D eigenvalue weighted by Gasteiger charge is -2.22. The minimum Gasteiger partial charge on any atom is -0.478 e. The van der Waals surface area contributed by atoms with Crippen molar-refractivity contribution in [3.63, 3.8) is 0 Å². The van der Waals surface area contributed by atoms with Crippen molar-refractivity contribution in [1.29, 1.82) is 0 Å². The Labute approximate surface area is 148 Å². The van der Waals surface area contributed by atoms with E-state index >= 15 is 0 Å². The molecule has 3 rings (SSSR count). The molecular formula is C21H25NO3. The Morgan fingerprint density at radius 3 is 2.60 bits per heavy atom. The quantitative estimate of drug-likeness (QED) is 0.768. The Morgan fingerprint density at radius 1 is 1.24 bits per heavy atom. The number of hydrogen-bond donors (Lipinski definition) is 1. The number of hydrogen-bond acceptors (Lipinski definition) is 2. The summed E-state index contributed by atoms with van der Waals surface area (Å²) in [7, 11) is 0. The minimum atomic E-state index is -0.916. The van der Waals surface area contributed by atoms with Crippen LogP contribution in [0.5, 0.6) is 0 Å². The lowest BCUT2D eigenvalue weighted by molar-refractivity contribution is -0.128. The molecule has 0 spiro atoms. The highest BCUT2D eigenvalue weighted by Gasteiger charge is 2.28. The largest absolute Gasteiger partial charge is 0.478 e. The Hall–Kier alpha value is -2.36. The number of benzene rings is 1. The minimum absolute atomic E-state index is 0.175. The molecule has 1 aromatic carbocycles. The van der Waals surface area contributed by atoms with Gasteiger partial charge in [0.25, 0.3) is 0 Å². The molecule has 132 valence electrons. The number of rotatable bonds is 7. The third-order valence-electron chi connectivity index (χ3n) is 5.13. The molecule has 1 amide bonds. The molecule has 1 saturated heterocycles. The Morgan fingerprint density at radius 2 is 1.96 bits per heavy atom. The van der Waals surface area contributed by atoms with Gasteiger partial charge in [0, 0.05) is 13.0 Å². The maximum Gasteiger partial charge on any atom is 0.335 e. The first-order chi connectivity index (χ1) is 12.0. The summed E-state index contributed by atoms with van der Waals surface area (Å²) in [6, 6.07) is 7.07. The molecule has 2 fully saturated rings. The second-order valence-electron chi connectivity index (χ2n) is 7.02. The number of amides is 1. The number of carbonyl (C=O) groups is 2. The average molecular weight is 339 g/mol. The number of carboxylic acids is 1. The van der Waals surface area contributed by atoms with Crippen molar-refractivity contribution in [2.75, 3.05) is 6.54 Å². The van der Waals surface area contributed by atoms with Gasteiger partial charge in [0.2, 0.25) is 5.91 Å². The van der Waals surface area contributed by atoms with Gasteiger partial charge in [0.05, 0.1) is 11.6 Å². The van der Waals surface area contributed by atoms with Crippen LogP contribution in [0.4, 0.5) is 0 Å². The van der Waals surface area contributed by atoms with Gasteiger partial charge in [-0.1, -0.05) is 35.9 Å². The molecule has 1 unspecified atom stereocenters. The van der Waals surface area contributed by atoms with Gasteiger partial charge >= 0.3 is 5.97 Å². The Balaban J connectivity index is 1.57. The molecule has 0 aromatic heterocycles. The van der Waals surface area contributed by atoms with Gasteiger partial charge in [-0.3, -0.25) is 4.79 Å². The fourth-order valence-corrected chi connectivity index (χ4v) is 3.32. The Kier molecular flexibility index (Phi) is 5.37. The van der Waals surface area contributed by atoms with E-state index in [4.69, 9.17) is 5.11 Å². The third kappa shape index (κ3) is 4.59. The maximum atomic E-state index is 12.2. The van der Waals surface area contributed by atoms with Gasteiger partial charge in [-0.25, -0.2) is 4.79 Å². The predicted octanol–water partition coefficient (Wildman–Crippen LogP) is 3.83. The van der Waals surface area contributed by atoms with Crippen molar-refractivity contribution >= 4 is 11.9 Å². The first-order valence-electron chi connectivity index (χ1n) is 9.01. The van der Waals surface area contributed by atoms with Crippen molar-refractivity contribution in [1.82, 2.24) is 4.90 Å². The van der Waals surface area contributed by atoms with E-state index in [-0.39, 0.29) is 11.9 Å². The van der Waals surface area contributed by atoms with Crippen LogP contribution in [0, 0.1) is 5.92 Å². The molecule has 1 saturated carbocycles. The van der Waals surface area contributed by atoms with E-state index in [1.807, 2.05) is 17.0 Å². The van der Waals surface area contributed by atoms with Crippen LogP contribution in [-0.4, -0.2) is 34.5 Å². The van der Waals surface area contributed by atoms with Gasteiger partial charge < -0.3 is 10.0 Å². The second kappa shape index (κ2) is 7.68. The summed E-state index contributed by atoms with van der Waals surface area (Å²) in [5.41, 5.74) is 2.78. The van der Waals surface area contributed by atoms with Crippen molar-refractivity contribution < 1.29 is 14.7 Å². The van der Waals surface area contributed by atoms with Crippen molar-refractivity contribution in [3.8, 4) is 0 Å². The molecule has 25 heavy (non-hydrogen) atoms. The molecule has 2 aliphatic rings. The molecule has 1 heterocycles. The van der Waals surface area contributed by atoms with E-state index in [1.54, 1.807) is 12.1 Å². The zero-order chi connectivity index (χ0) is 17.8. The smallest absolute Gasteiger partial charge is 0.335 e. The summed E-state index contributed by atoms with van der Waals surface area (Å²) in [4.78, 5) is 25.0. The molecule has 4 nitrogen and oxygen atoms in total. The summed E-state index contributed by atoms with van der Waals surface area (Å²) >= 11 is 0. The molecule has 1 aliphatic heterocycles. The van der Waals surface area contributed by atoms with Crippen LogP contribution in [0.25, 0.3) is 0 Å². The van der Waals surface area contributed by atoms with Crippen LogP contribution >= 0.6 is 0 Å². The monoisotopic (exact) mass is 339 g/mol. The number of nitrogens with zero attached hydrogens (tertiary/aromatic N) is 1. The highest BCUT2D eigenvalue weighted by Crippen LogP contribution is 2.36. The van der Waals surface area contributed by atoms with Crippen LogP contribution in [-0.2, 0) is 11.2 Å². The lowest BCUT2D eigenvalue weighted by Crippen LogP contribution is -2.33. The van der Waals surface area contributed by atoms with E-state index in [1.165, 1.54) is 18.4 Å². The Bertz CT molecular complexity index is 698. The molecule has 0 radical (unpaired) electrons. The van der Waals surface area contributed by atoms with Crippen LogP contribution in [0.15, 0.2) is 48.1 Å². The molecule has 1 aromatic rings. The molecule has 1 atom stereocenters. The van der Waals surface area contributed by atoms with Crippen molar-refractivity contribution in [3.05, 3.63) is 59.2 Å². The fourth-order valence-electron chi connectivity index (χ4n) is 3.32. The van der Waals surface area contributed by atoms with Gasteiger partial charge in [-0.15, -0.1) is 0 Å². The molecular weight excluding hydrogens is 314 g/mol. The van der Waals surface area contributed by atoms with E-state index in [0.29, 0.717) is 18.5 Å². The van der Waals surface area contributed by atoms with Gasteiger partial charge in [-0.05, 0) is 56.2 Å². The third-order valence-corrected chi connectivity index (χ3v) is 5.13. The van der Waals surface area contributed by atoms with E-state index < -0.39 is 5.97 Å². The number of allylic oxidation sites excluding steroid dienone is 3. The first-order valence-corrected chi connectivity index (χ1v) is 9.01. The molecule has 1 aliphatic carbocycles. The van der Waals surface area contributed by atoms with E-state index in [9.17, 15) is 9.59 Å². The van der Waals surface area contributed by atoms with Crippen molar-refractivity contribution in [2.45, 2.75) is 45.1 Å². The zero-order valence-corrected chi connectivity index (χ0v) is 14.6.